The van der Waals surface area contributed by atoms with E-state index >= 15 is 0 Å². The molecule has 6 aromatic rings. The molecule has 0 atom stereocenters. The number of aryl methyl sites for hydroxylation is 3. The number of pyridine rings is 1. The molecule has 0 saturated heterocycles. The van der Waals surface area contributed by atoms with E-state index in [0.717, 1.165) is 91.2 Å². The average Bonchev–Trinajstić information content (AvgIpc) is 3.48. The smallest absolute Gasteiger partial charge is 0.254 e. The van der Waals surface area contributed by atoms with Gasteiger partial charge < -0.3 is 14.4 Å². The number of hydrogen-bond acceptors (Lipinski definition) is 4. The highest BCUT2D eigenvalue weighted by Gasteiger charge is 2.28. The lowest BCUT2D eigenvalue weighted by Crippen LogP contribution is -2.27. The van der Waals surface area contributed by atoms with Crippen LogP contribution in [0, 0.1) is 20.8 Å². The summed E-state index contributed by atoms with van der Waals surface area (Å²) in [5.41, 5.74) is 11.2. The molecule has 0 saturated carbocycles. The Balaban J connectivity index is 1.14. The number of benzene rings is 5. The lowest BCUT2D eigenvalue weighted by atomic mass is 9.99. The van der Waals surface area contributed by atoms with Crippen LogP contribution in [-0.4, -0.2) is 22.8 Å². The summed E-state index contributed by atoms with van der Waals surface area (Å²) in [6.07, 6.45) is 3.76. The van der Waals surface area contributed by atoms with Crippen molar-refractivity contribution in [3.63, 3.8) is 0 Å². The molecule has 5 heteroatoms. The normalized spacial score (nSPS) is 13.0. The molecule has 1 heterocycles. The number of allylic oxidation sites excluding steroid dienone is 1. The molecular weight excluding hydrogens is 604 g/mol. The second-order valence-electron chi connectivity index (χ2n) is 13.0. The quantitative estimate of drug-likeness (QED) is 0.157. The highest BCUT2D eigenvalue weighted by Crippen LogP contribution is 2.38. The minimum Gasteiger partial charge on any atom is -0.488 e. The van der Waals surface area contributed by atoms with Crippen molar-refractivity contribution in [2.24, 2.45) is 0 Å². The number of amides is 1. The van der Waals surface area contributed by atoms with Gasteiger partial charge in [-0.25, -0.2) is 4.98 Å². The predicted molar refractivity (Wildman–Crippen MR) is 198 cm³/mol. The average molecular weight is 645 g/mol. The minimum absolute atomic E-state index is 0.00411. The topological polar surface area (TPSA) is 51.7 Å². The highest BCUT2D eigenvalue weighted by molar-refractivity contribution is 6.09. The van der Waals surface area contributed by atoms with Crippen LogP contribution >= 0.6 is 0 Å². The summed E-state index contributed by atoms with van der Waals surface area (Å²) in [4.78, 5) is 21.3. The number of fused-ring (bicyclic) bond motifs is 2. The highest BCUT2D eigenvalue weighted by atomic mass is 16.5. The molecule has 5 aromatic carbocycles. The van der Waals surface area contributed by atoms with Crippen LogP contribution in [0.3, 0.4) is 0 Å². The Hall–Kier alpha value is -5.68. The molecule has 0 bridgehead atoms. The first kappa shape index (κ1) is 31.9. The number of carbonyl (C=O) groups is 1. The summed E-state index contributed by atoms with van der Waals surface area (Å²) in [6, 6.07) is 38.5. The summed E-state index contributed by atoms with van der Waals surface area (Å²) in [7, 11) is 1.89. The Morgan fingerprint density at radius 1 is 0.776 bits per heavy atom. The monoisotopic (exact) mass is 644 g/mol. The zero-order valence-electron chi connectivity index (χ0n) is 28.5. The molecular formula is C44H40N2O3. The molecule has 0 aliphatic heterocycles. The molecule has 1 aliphatic rings. The minimum atomic E-state index is 0.00411. The van der Waals surface area contributed by atoms with Gasteiger partial charge in [0.2, 0.25) is 0 Å². The van der Waals surface area contributed by atoms with Crippen molar-refractivity contribution in [2.45, 2.75) is 46.8 Å². The first-order valence-electron chi connectivity index (χ1n) is 16.8. The van der Waals surface area contributed by atoms with E-state index in [0.29, 0.717) is 13.2 Å². The lowest BCUT2D eigenvalue weighted by molar-refractivity contribution is 0.0786. The summed E-state index contributed by atoms with van der Waals surface area (Å²) in [5, 5.41) is 0.893. The molecule has 1 aromatic heterocycles. The summed E-state index contributed by atoms with van der Waals surface area (Å²) in [5.74, 6) is 2.48. The van der Waals surface area contributed by atoms with E-state index in [-0.39, 0.29) is 5.91 Å². The number of carbonyl (C=O) groups excluding carboxylic acids is 1. The fraction of sp³-hybridized carbons (Fsp3) is 0.182. The fourth-order valence-corrected chi connectivity index (χ4v) is 6.87. The van der Waals surface area contributed by atoms with Crippen LogP contribution in [0.25, 0.3) is 22.6 Å². The molecule has 244 valence electrons. The van der Waals surface area contributed by atoms with Crippen molar-refractivity contribution < 1.29 is 14.3 Å². The first-order chi connectivity index (χ1) is 23.8. The molecule has 0 spiro atoms. The second kappa shape index (κ2) is 13.8. The number of para-hydroxylation sites is 2. The number of nitrogens with zero attached hydrogens (tertiary/aromatic N) is 2. The summed E-state index contributed by atoms with van der Waals surface area (Å²) >= 11 is 0. The van der Waals surface area contributed by atoms with Crippen LogP contribution in [0.2, 0.25) is 0 Å². The third-order valence-corrected chi connectivity index (χ3v) is 9.09. The van der Waals surface area contributed by atoms with Gasteiger partial charge in [0, 0.05) is 19.0 Å². The fourth-order valence-electron chi connectivity index (χ4n) is 6.87. The van der Waals surface area contributed by atoms with Crippen molar-refractivity contribution in [3.05, 3.63) is 165 Å². The molecule has 49 heavy (non-hydrogen) atoms. The van der Waals surface area contributed by atoms with Gasteiger partial charge in [0.15, 0.2) is 0 Å². The molecule has 1 aliphatic carbocycles. The molecule has 7 rings (SSSR count). The molecule has 0 N–H and O–H groups in total. The molecule has 0 fully saturated rings. The number of rotatable bonds is 9. The third kappa shape index (κ3) is 6.97. The zero-order chi connectivity index (χ0) is 33.9. The maximum absolute atomic E-state index is 14.4. The van der Waals surface area contributed by atoms with Gasteiger partial charge in [-0.3, -0.25) is 4.79 Å². The van der Waals surface area contributed by atoms with Crippen LogP contribution in [0.5, 0.6) is 17.2 Å². The van der Waals surface area contributed by atoms with Gasteiger partial charge in [-0.2, -0.15) is 0 Å². The largest absolute Gasteiger partial charge is 0.488 e. The molecule has 0 radical (unpaired) electrons. The predicted octanol–water partition coefficient (Wildman–Crippen LogP) is 10.3. The van der Waals surface area contributed by atoms with Crippen LogP contribution in [0.1, 0.15) is 61.4 Å². The standard InChI is InChI=1S/C44H40N2O3/c1-29-12-10-14-33(22-29)28-48-43-30(2)23-34(24-31(43)3)27-46(4)44(47)41-38-18-8-9-19-40(38)45-42-35(20-21-39(41)42)25-32-13-11-17-37(26-32)49-36-15-6-5-7-16-36/h5-19,22-26H,20-21,27-28H2,1-4H3/b35-25+. The van der Waals surface area contributed by atoms with E-state index in [1.165, 1.54) is 5.56 Å². The van der Waals surface area contributed by atoms with E-state index in [1.807, 2.05) is 84.7 Å². The van der Waals surface area contributed by atoms with Crippen molar-refractivity contribution >= 4 is 28.5 Å². The zero-order valence-corrected chi connectivity index (χ0v) is 28.5. The first-order valence-corrected chi connectivity index (χ1v) is 16.8. The van der Waals surface area contributed by atoms with Gasteiger partial charge in [-0.15, -0.1) is 0 Å². The van der Waals surface area contributed by atoms with Crippen LogP contribution in [0.15, 0.2) is 115 Å². The van der Waals surface area contributed by atoms with Gasteiger partial charge in [0.25, 0.3) is 5.91 Å². The Bertz CT molecular complexity index is 2180. The van der Waals surface area contributed by atoms with Gasteiger partial charge in [0.05, 0.1) is 16.8 Å². The van der Waals surface area contributed by atoms with Crippen molar-refractivity contribution in [3.8, 4) is 17.2 Å². The van der Waals surface area contributed by atoms with E-state index in [1.54, 1.807) is 0 Å². The SMILES string of the molecule is Cc1cccc(COc2c(C)cc(CN(C)C(=O)c3c4c(nc5ccccc35)/C(=C/c3cccc(Oc5ccccc5)c3)CC4)cc2C)c1. The summed E-state index contributed by atoms with van der Waals surface area (Å²) < 4.78 is 12.4. The van der Waals surface area contributed by atoms with E-state index in [4.69, 9.17) is 14.5 Å². The van der Waals surface area contributed by atoms with Gasteiger partial charge in [0.1, 0.15) is 23.9 Å². The Labute approximate surface area is 288 Å². The van der Waals surface area contributed by atoms with E-state index in [9.17, 15) is 4.79 Å². The van der Waals surface area contributed by atoms with Crippen molar-refractivity contribution in [1.29, 1.82) is 0 Å². The molecule has 0 unspecified atom stereocenters. The van der Waals surface area contributed by atoms with Crippen LogP contribution < -0.4 is 9.47 Å². The molecule has 1 amide bonds. The van der Waals surface area contributed by atoms with Crippen LogP contribution in [-0.2, 0) is 19.6 Å². The Kier molecular flexibility index (Phi) is 8.99. The maximum Gasteiger partial charge on any atom is 0.254 e. The van der Waals surface area contributed by atoms with Crippen LogP contribution in [0.4, 0.5) is 0 Å². The van der Waals surface area contributed by atoms with Gasteiger partial charge in [-0.1, -0.05) is 90.5 Å². The third-order valence-electron chi connectivity index (χ3n) is 9.09. The summed E-state index contributed by atoms with van der Waals surface area (Å²) in [6.45, 7) is 7.24. The Morgan fingerprint density at radius 3 is 2.31 bits per heavy atom. The lowest BCUT2D eigenvalue weighted by Gasteiger charge is -2.22. The van der Waals surface area contributed by atoms with E-state index in [2.05, 4.69) is 69.3 Å². The number of hydrogen-bond donors (Lipinski definition) is 0. The van der Waals surface area contributed by atoms with Crippen molar-refractivity contribution in [1.82, 2.24) is 9.88 Å². The molecule has 5 nitrogen and oxygen atoms in total. The van der Waals surface area contributed by atoms with Gasteiger partial charge >= 0.3 is 0 Å². The number of ether oxygens (including phenoxy) is 2. The van der Waals surface area contributed by atoms with Crippen molar-refractivity contribution in [2.75, 3.05) is 7.05 Å². The maximum atomic E-state index is 14.4. The van der Waals surface area contributed by atoms with E-state index < -0.39 is 0 Å². The second-order valence-corrected chi connectivity index (χ2v) is 13.0. The number of aromatic nitrogens is 1. The van der Waals surface area contributed by atoms with Gasteiger partial charge in [-0.05, 0) is 109 Å². The Morgan fingerprint density at radius 2 is 1.51 bits per heavy atom.